The lowest BCUT2D eigenvalue weighted by atomic mass is 10.0. The Labute approximate surface area is 195 Å². The Morgan fingerprint density at radius 3 is 2.68 bits per heavy atom. The smallest absolute Gasteiger partial charge is 0.339 e. The highest BCUT2D eigenvalue weighted by atomic mass is 16.5. The monoisotopic (exact) mass is 449 g/mol. The van der Waals surface area contributed by atoms with E-state index in [-0.39, 0.29) is 0 Å². The number of allylic oxidation sites excluding steroid dienone is 1. The number of carbonyl (C=O) groups is 2. The van der Waals surface area contributed by atoms with Gasteiger partial charge in [0, 0.05) is 11.1 Å². The van der Waals surface area contributed by atoms with Crippen LogP contribution in [0.15, 0.2) is 71.3 Å². The third-order valence-electron chi connectivity index (χ3n) is 5.64. The maximum Gasteiger partial charge on any atom is 0.339 e. The summed E-state index contributed by atoms with van der Waals surface area (Å²) in [6.45, 7) is -0.431. The predicted molar refractivity (Wildman–Crippen MR) is 127 cm³/mol. The summed E-state index contributed by atoms with van der Waals surface area (Å²) in [6, 6.07) is 19.6. The first-order valence-corrected chi connectivity index (χ1v) is 10.8. The number of hydrogen-bond acceptors (Lipinski definition) is 6. The molecule has 4 aromatic rings. The van der Waals surface area contributed by atoms with Gasteiger partial charge in [-0.25, -0.2) is 9.78 Å². The van der Waals surface area contributed by atoms with Crippen molar-refractivity contribution in [2.45, 2.75) is 12.8 Å². The number of amides is 1. The van der Waals surface area contributed by atoms with E-state index in [2.05, 4.69) is 5.32 Å². The van der Waals surface area contributed by atoms with E-state index < -0.39 is 18.5 Å². The third kappa shape index (κ3) is 4.17. The maximum absolute atomic E-state index is 13.2. The van der Waals surface area contributed by atoms with Crippen LogP contribution in [0, 0.1) is 11.3 Å². The van der Waals surface area contributed by atoms with Gasteiger partial charge in [-0.2, -0.15) is 5.26 Å². The molecule has 0 bridgehead atoms. The minimum Gasteiger partial charge on any atom is -0.465 e. The van der Waals surface area contributed by atoms with Crippen molar-refractivity contribution in [2.24, 2.45) is 0 Å². The average Bonchev–Trinajstić information content (AvgIpc) is 3.52. The van der Waals surface area contributed by atoms with Crippen LogP contribution < -0.4 is 5.32 Å². The van der Waals surface area contributed by atoms with E-state index in [4.69, 9.17) is 19.4 Å². The van der Waals surface area contributed by atoms with Crippen LogP contribution in [0.4, 0.5) is 5.69 Å². The number of esters is 1. The van der Waals surface area contributed by atoms with Crippen LogP contribution in [0.2, 0.25) is 0 Å². The molecule has 0 saturated carbocycles. The molecule has 1 N–H and O–H groups in total. The number of ether oxygens (including phenoxy) is 1. The minimum absolute atomic E-state index is 0.431. The zero-order chi connectivity index (χ0) is 23.5. The number of fused-ring (bicyclic) bond motifs is 2. The summed E-state index contributed by atoms with van der Waals surface area (Å²) in [6.07, 6.45) is 4.91. The van der Waals surface area contributed by atoms with Crippen molar-refractivity contribution in [2.75, 3.05) is 11.9 Å². The summed E-state index contributed by atoms with van der Waals surface area (Å²) in [5, 5.41) is 12.2. The average molecular weight is 449 g/mol. The molecule has 7 nitrogen and oxygen atoms in total. The van der Waals surface area contributed by atoms with Gasteiger partial charge in [0.25, 0.3) is 5.91 Å². The summed E-state index contributed by atoms with van der Waals surface area (Å²) < 4.78 is 10.9. The summed E-state index contributed by atoms with van der Waals surface area (Å²) in [5.41, 5.74) is 4.69. The molecule has 166 valence electrons. The van der Waals surface area contributed by atoms with E-state index in [1.807, 2.05) is 48.5 Å². The molecule has 0 aliphatic heterocycles. The number of hydrogen-bond donors (Lipinski definition) is 1. The van der Waals surface area contributed by atoms with Crippen molar-refractivity contribution >= 4 is 40.1 Å². The van der Waals surface area contributed by atoms with E-state index >= 15 is 0 Å². The van der Waals surface area contributed by atoms with Crippen LogP contribution >= 0.6 is 0 Å². The van der Waals surface area contributed by atoms with Crippen molar-refractivity contribution in [1.82, 2.24) is 4.98 Å². The van der Waals surface area contributed by atoms with E-state index in [1.54, 1.807) is 30.5 Å². The van der Waals surface area contributed by atoms with Gasteiger partial charge in [-0.1, -0.05) is 18.2 Å². The lowest BCUT2D eigenvalue weighted by Crippen LogP contribution is -2.21. The minimum atomic E-state index is -0.566. The van der Waals surface area contributed by atoms with E-state index in [0.29, 0.717) is 34.1 Å². The molecule has 2 heterocycles. The molecule has 5 rings (SSSR count). The Bertz CT molecular complexity index is 1460. The molecule has 7 heteroatoms. The number of anilines is 1. The second-order valence-electron chi connectivity index (χ2n) is 7.83. The van der Waals surface area contributed by atoms with Crippen LogP contribution in [0.5, 0.6) is 0 Å². The van der Waals surface area contributed by atoms with Crippen molar-refractivity contribution in [3.8, 4) is 6.07 Å². The number of nitriles is 1. The molecule has 34 heavy (non-hydrogen) atoms. The highest BCUT2D eigenvalue weighted by molar-refractivity contribution is 6.08. The van der Waals surface area contributed by atoms with Gasteiger partial charge in [0.05, 0.1) is 34.7 Å². The highest BCUT2D eigenvalue weighted by Crippen LogP contribution is 2.37. The highest BCUT2D eigenvalue weighted by Gasteiger charge is 2.28. The number of pyridine rings is 1. The second kappa shape index (κ2) is 9.04. The fourth-order valence-electron chi connectivity index (χ4n) is 4.09. The lowest BCUT2D eigenvalue weighted by molar-refractivity contribution is -0.119. The van der Waals surface area contributed by atoms with Crippen LogP contribution in [0.25, 0.3) is 22.6 Å². The Balaban J connectivity index is 1.40. The Hall–Kier alpha value is -4.70. The van der Waals surface area contributed by atoms with Crippen LogP contribution in [0.1, 0.15) is 39.4 Å². The number of carbonyl (C=O) groups excluding carboxylic acids is 2. The van der Waals surface area contributed by atoms with Gasteiger partial charge in [-0.05, 0) is 72.5 Å². The van der Waals surface area contributed by atoms with Gasteiger partial charge in [-0.3, -0.25) is 4.79 Å². The van der Waals surface area contributed by atoms with Crippen LogP contribution in [0.3, 0.4) is 0 Å². The molecule has 0 saturated heterocycles. The molecule has 2 aromatic carbocycles. The van der Waals surface area contributed by atoms with Crippen LogP contribution in [-0.4, -0.2) is 23.5 Å². The Morgan fingerprint density at radius 1 is 1.09 bits per heavy atom. The van der Waals surface area contributed by atoms with Crippen molar-refractivity contribution in [3.05, 3.63) is 95.1 Å². The molecule has 0 spiro atoms. The normalized spacial score (nSPS) is 13.4. The van der Waals surface area contributed by atoms with E-state index in [9.17, 15) is 9.59 Å². The first-order chi connectivity index (χ1) is 16.6. The molecule has 2 aromatic heterocycles. The standard InChI is InChI=1S/C27H19N3O4/c28-15-17-7-10-19(11-8-17)29-24(31)16-34-27(32)25-21-5-1-2-6-23(21)30-26-18(9-12-22(25)26)14-20-4-3-13-33-20/h1-8,10-11,13-14H,9,12,16H2,(H,29,31)/b18-14-. The number of rotatable bonds is 5. The number of benzene rings is 2. The first kappa shape index (κ1) is 21.2. The number of furan rings is 1. The van der Waals surface area contributed by atoms with Crippen molar-refractivity contribution in [3.63, 3.8) is 0 Å². The fourth-order valence-corrected chi connectivity index (χ4v) is 4.09. The number of para-hydroxylation sites is 1. The van der Waals surface area contributed by atoms with Gasteiger partial charge in [-0.15, -0.1) is 0 Å². The Kier molecular flexibility index (Phi) is 5.63. The summed E-state index contributed by atoms with van der Waals surface area (Å²) in [4.78, 5) is 30.3. The zero-order valence-corrected chi connectivity index (χ0v) is 18.1. The molecule has 0 unspecified atom stereocenters. The molecular formula is C27H19N3O4. The van der Waals surface area contributed by atoms with Gasteiger partial charge in [0.1, 0.15) is 5.76 Å². The molecule has 0 atom stereocenters. The summed E-state index contributed by atoms with van der Waals surface area (Å²) in [5.74, 6) is -0.308. The van der Waals surface area contributed by atoms with Crippen LogP contribution in [-0.2, 0) is 16.0 Å². The topological polar surface area (TPSA) is 105 Å². The molecular weight excluding hydrogens is 430 g/mol. The second-order valence-corrected chi connectivity index (χ2v) is 7.83. The molecule has 1 aliphatic carbocycles. The predicted octanol–water partition coefficient (Wildman–Crippen LogP) is 4.98. The van der Waals surface area contributed by atoms with Gasteiger partial charge in [0.2, 0.25) is 0 Å². The summed E-state index contributed by atoms with van der Waals surface area (Å²) in [7, 11) is 0. The molecule has 1 aliphatic rings. The quantitative estimate of drug-likeness (QED) is 0.431. The van der Waals surface area contributed by atoms with Crippen molar-refractivity contribution in [1.29, 1.82) is 5.26 Å². The maximum atomic E-state index is 13.2. The molecule has 0 fully saturated rings. The third-order valence-corrected chi connectivity index (χ3v) is 5.64. The molecule has 0 radical (unpaired) electrons. The number of nitrogens with one attached hydrogen (secondary N) is 1. The summed E-state index contributed by atoms with van der Waals surface area (Å²) >= 11 is 0. The number of nitrogens with zero attached hydrogens (tertiary/aromatic N) is 2. The van der Waals surface area contributed by atoms with E-state index in [1.165, 1.54) is 0 Å². The molecule has 1 amide bonds. The van der Waals surface area contributed by atoms with Gasteiger partial charge in [0.15, 0.2) is 6.61 Å². The van der Waals surface area contributed by atoms with E-state index in [0.717, 1.165) is 29.0 Å². The van der Waals surface area contributed by atoms with Gasteiger partial charge >= 0.3 is 5.97 Å². The zero-order valence-electron chi connectivity index (χ0n) is 18.1. The van der Waals surface area contributed by atoms with Crippen molar-refractivity contribution < 1.29 is 18.7 Å². The SMILES string of the molecule is N#Cc1ccc(NC(=O)COC(=O)c2c3c(nc4ccccc24)/C(=C\c2ccco2)CC3)cc1. The lowest BCUT2D eigenvalue weighted by Gasteiger charge is -2.12. The first-order valence-electron chi connectivity index (χ1n) is 10.8. The van der Waals surface area contributed by atoms with Gasteiger partial charge < -0.3 is 14.5 Å². The fraction of sp³-hybridized carbons (Fsp3) is 0.111. The largest absolute Gasteiger partial charge is 0.465 e. The Morgan fingerprint density at radius 2 is 1.91 bits per heavy atom. The number of aromatic nitrogens is 1.